The Morgan fingerprint density at radius 3 is 2.27 bits per heavy atom. The van der Waals surface area contributed by atoms with Gasteiger partial charge >= 0.3 is 7.25 Å². The molecule has 0 bridgehead atoms. The predicted molar refractivity (Wildman–Crippen MR) is 143 cm³/mol. The average Bonchev–Trinajstić information content (AvgIpc) is 3.20. The highest BCUT2D eigenvalue weighted by Gasteiger charge is 2.25. The molecule has 3 aromatic carbocycles. The quantitative estimate of drug-likeness (QED) is 0.102. The summed E-state index contributed by atoms with van der Waals surface area (Å²) in [4.78, 5) is 5.13. The summed E-state index contributed by atoms with van der Waals surface area (Å²) in [6.45, 7) is 4.00. The lowest BCUT2D eigenvalue weighted by Crippen LogP contribution is -2.35. The van der Waals surface area contributed by atoms with Crippen molar-refractivity contribution in [2.45, 2.75) is 19.8 Å². The fraction of sp³-hybridized carbons (Fsp3) is 0.276. The molecule has 5 rings (SSSR count). The van der Waals surface area contributed by atoms with Crippen molar-refractivity contribution in [3.8, 4) is 28.1 Å². The van der Waals surface area contributed by atoms with E-state index in [9.17, 15) is 17.3 Å². The third kappa shape index (κ3) is 6.89. The highest BCUT2D eigenvalue weighted by molar-refractivity contribution is 6.50. The van der Waals surface area contributed by atoms with E-state index in [1.807, 2.05) is 0 Å². The molecule has 4 aromatic rings. The first kappa shape index (κ1) is 26.7. The zero-order chi connectivity index (χ0) is 26.8. The lowest BCUT2D eigenvalue weighted by molar-refractivity contribution is -0.870. The summed E-state index contributed by atoms with van der Waals surface area (Å²) < 4.78 is 45.9. The minimum Gasteiger partial charge on any atom is -0.493 e. The Morgan fingerprint density at radius 1 is 0.919 bits per heavy atom. The molecule has 37 heavy (non-hydrogen) atoms. The molecule has 0 fully saturated rings. The molecule has 0 radical (unpaired) electrons. The summed E-state index contributed by atoms with van der Waals surface area (Å²) in [6, 6.07) is 23.8. The number of benzene rings is 3. The van der Waals surface area contributed by atoms with Crippen molar-refractivity contribution in [1.82, 2.24) is 4.98 Å². The molecule has 0 spiro atoms. The first-order valence-electron chi connectivity index (χ1n) is 12.3. The van der Waals surface area contributed by atoms with Gasteiger partial charge < -0.3 is 26.5 Å². The van der Waals surface area contributed by atoms with Crippen LogP contribution in [0.4, 0.5) is 17.3 Å². The summed E-state index contributed by atoms with van der Waals surface area (Å²) in [7, 11) is 0.635. The Morgan fingerprint density at radius 2 is 1.59 bits per heavy atom. The lowest BCUT2D eigenvalue weighted by Gasteiger charge is -2.23. The van der Waals surface area contributed by atoms with Crippen LogP contribution in [0.2, 0.25) is 0 Å². The van der Waals surface area contributed by atoms with E-state index in [4.69, 9.17) is 9.72 Å². The predicted octanol–water partition coefficient (Wildman–Crippen LogP) is 7.56. The van der Waals surface area contributed by atoms with Gasteiger partial charge in [0.05, 0.1) is 45.5 Å². The van der Waals surface area contributed by atoms with E-state index in [1.54, 1.807) is 0 Å². The zero-order valence-corrected chi connectivity index (χ0v) is 21.6. The number of hydrogen-bond acceptors (Lipinski definition) is 2. The van der Waals surface area contributed by atoms with Crippen LogP contribution in [0.15, 0.2) is 66.7 Å². The second kappa shape index (κ2) is 10.5. The molecule has 1 aliphatic carbocycles. The van der Waals surface area contributed by atoms with Gasteiger partial charge in [-0.2, -0.15) is 0 Å². The van der Waals surface area contributed by atoms with Crippen LogP contribution in [0, 0.1) is 6.92 Å². The monoisotopic (exact) mass is 510 g/mol. The van der Waals surface area contributed by atoms with E-state index in [1.165, 1.54) is 33.2 Å². The Bertz CT molecular complexity index is 1390. The van der Waals surface area contributed by atoms with Gasteiger partial charge in [0.25, 0.3) is 0 Å². The van der Waals surface area contributed by atoms with Crippen molar-refractivity contribution in [2.24, 2.45) is 0 Å². The number of aryl methyl sites for hydroxylation is 1. The average molecular weight is 510 g/mol. The van der Waals surface area contributed by atoms with Crippen LogP contribution >= 0.6 is 0 Å². The fourth-order valence-corrected chi connectivity index (χ4v) is 4.68. The molecule has 8 heteroatoms. The van der Waals surface area contributed by atoms with Crippen molar-refractivity contribution in [3.63, 3.8) is 0 Å². The molecule has 0 unspecified atom stereocenters. The van der Waals surface area contributed by atoms with E-state index in [-0.39, 0.29) is 0 Å². The van der Waals surface area contributed by atoms with Gasteiger partial charge in [0, 0.05) is 23.8 Å². The summed E-state index contributed by atoms with van der Waals surface area (Å²) >= 11 is 0. The topological polar surface area (TPSA) is 22.1 Å². The molecule has 0 saturated carbocycles. The second-order valence-electron chi connectivity index (χ2n) is 10.4. The Balaban J connectivity index is 0.000000586. The van der Waals surface area contributed by atoms with Gasteiger partial charge in [-0.15, -0.1) is 0 Å². The first-order valence-corrected chi connectivity index (χ1v) is 12.3. The van der Waals surface area contributed by atoms with E-state index in [0.717, 1.165) is 53.0 Å². The fourth-order valence-electron chi connectivity index (χ4n) is 4.68. The van der Waals surface area contributed by atoms with E-state index < -0.39 is 7.25 Å². The SMILES string of the molecule is Cc1ccc2nc(-c3ccc(OCCC[N+](C)(C)C)cc3)c3c(c2c1)-c1ccccc1C3.F[B-](F)(F)F. The molecule has 1 aromatic heterocycles. The smallest absolute Gasteiger partial charge is 0.493 e. The van der Waals surface area contributed by atoms with Gasteiger partial charge in [-0.05, 0) is 65.6 Å². The van der Waals surface area contributed by atoms with Crippen molar-refractivity contribution in [2.75, 3.05) is 34.3 Å². The van der Waals surface area contributed by atoms with Gasteiger partial charge in [0.2, 0.25) is 0 Å². The van der Waals surface area contributed by atoms with Crippen LogP contribution in [0.1, 0.15) is 23.1 Å². The second-order valence-corrected chi connectivity index (χ2v) is 10.4. The van der Waals surface area contributed by atoms with Crippen LogP contribution < -0.4 is 4.74 Å². The number of ether oxygens (including phenoxy) is 1. The molecule has 0 aliphatic heterocycles. The third-order valence-electron chi connectivity index (χ3n) is 6.26. The van der Waals surface area contributed by atoms with Crippen LogP contribution in [0.25, 0.3) is 33.3 Å². The first-order chi connectivity index (χ1) is 17.4. The van der Waals surface area contributed by atoms with Gasteiger partial charge in [-0.1, -0.05) is 35.9 Å². The summed E-state index contributed by atoms with van der Waals surface area (Å²) in [5.41, 5.74) is 9.98. The van der Waals surface area contributed by atoms with Gasteiger partial charge in [0.1, 0.15) is 5.75 Å². The van der Waals surface area contributed by atoms with E-state index >= 15 is 0 Å². The molecule has 194 valence electrons. The number of hydrogen-bond donors (Lipinski definition) is 0. The van der Waals surface area contributed by atoms with Gasteiger partial charge in [0.15, 0.2) is 0 Å². The van der Waals surface area contributed by atoms with Crippen molar-refractivity contribution < 1.29 is 26.5 Å². The summed E-state index contributed by atoms with van der Waals surface area (Å²) in [5.74, 6) is 0.923. The minimum absolute atomic E-state index is 0.743. The van der Waals surface area contributed by atoms with Crippen molar-refractivity contribution in [3.05, 3.63) is 83.4 Å². The minimum atomic E-state index is -6.00. The summed E-state index contributed by atoms with van der Waals surface area (Å²) in [6.07, 6.45) is 1.98. The number of pyridine rings is 1. The molecule has 3 nitrogen and oxygen atoms in total. The molecule has 0 atom stereocenters. The van der Waals surface area contributed by atoms with Crippen LogP contribution in [-0.2, 0) is 6.42 Å². The largest absolute Gasteiger partial charge is 0.673 e. The van der Waals surface area contributed by atoms with Crippen LogP contribution in [0.5, 0.6) is 5.75 Å². The van der Waals surface area contributed by atoms with Crippen molar-refractivity contribution >= 4 is 18.2 Å². The number of fused-ring (bicyclic) bond motifs is 5. The molecule has 0 saturated heterocycles. The zero-order valence-electron chi connectivity index (χ0n) is 21.6. The van der Waals surface area contributed by atoms with Gasteiger partial charge in [-0.3, -0.25) is 0 Å². The van der Waals surface area contributed by atoms with Gasteiger partial charge in [-0.25, -0.2) is 4.98 Å². The maximum Gasteiger partial charge on any atom is 0.673 e. The number of nitrogens with zero attached hydrogens (tertiary/aromatic N) is 2. The Kier molecular flexibility index (Phi) is 7.60. The third-order valence-corrected chi connectivity index (χ3v) is 6.26. The highest BCUT2D eigenvalue weighted by atomic mass is 19.5. The molecule has 0 amide bonds. The number of quaternary nitrogens is 1. The van der Waals surface area contributed by atoms with E-state index in [2.05, 4.69) is 94.8 Å². The number of aromatic nitrogens is 1. The Hall–Kier alpha value is -3.39. The van der Waals surface area contributed by atoms with Crippen molar-refractivity contribution in [1.29, 1.82) is 0 Å². The molecule has 0 N–H and O–H groups in total. The van der Waals surface area contributed by atoms with E-state index in [0.29, 0.717) is 0 Å². The number of halogens is 4. The molecule has 1 heterocycles. The number of rotatable bonds is 6. The normalized spacial score (nSPS) is 12.5. The standard InChI is InChI=1S/C29H31N2O.BF4/c1-20-10-15-27-25(18-20)28-24-9-6-5-8-22(24)19-26(28)29(30-27)21-11-13-23(14-12-21)32-17-7-16-31(2,3)4;2-1(3,4)5/h5-6,8-15,18H,7,16-17,19H2,1-4H3;/q+1;-1. The highest BCUT2D eigenvalue weighted by Crippen LogP contribution is 2.45. The maximum atomic E-state index is 9.75. The van der Waals surface area contributed by atoms with Crippen LogP contribution in [0.3, 0.4) is 0 Å². The molecular weight excluding hydrogens is 479 g/mol. The molecule has 1 aliphatic rings. The maximum absolute atomic E-state index is 9.75. The summed E-state index contributed by atoms with van der Waals surface area (Å²) in [5, 5.41) is 1.26. The molecular formula is C29H31BF4N2O. The Labute approximate surface area is 215 Å². The lowest BCUT2D eigenvalue weighted by atomic mass is 9.96. The van der Waals surface area contributed by atoms with Crippen LogP contribution in [-0.4, -0.2) is 51.0 Å².